The summed E-state index contributed by atoms with van der Waals surface area (Å²) in [4.78, 5) is 15.7. The van der Waals surface area contributed by atoms with Gasteiger partial charge in [-0.3, -0.25) is 4.79 Å². The second kappa shape index (κ2) is 8.49. The molecule has 1 fully saturated rings. The van der Waals surface area contributed by atoms with E-state index in [2.05, 4.69) is 20.9 Å². The number of hydrogen-bond acceptors (Lipinski definition) is 2. The number of rotatable bonds is 6. The van der Waals surface area contributed by atoms with Crippen molar-refractivity contribution in [1.82, 2.24) is 16.0 Å². The molecule has 1 aliphatic carbocycles. The van der Waals surface area contributed by atoms with E-state index in [9.17, 15) is 22.4 Å². The van der Waals surface area contributed by atoms with E-state index in [1.54, 1.807) is 6.07 Å². The van der Waals surface area contributed by atoms with Gasteiger partial charge in [-0.1, -0.05) is 12.1 Å². The van der Waals surface area contributed by atoms with Crippen molar-refractivity contribution < 1.29 is 22.4 Å². The monoisotopic (exact) mass is 424 g/mol. The maximum Gasteiger partial charge on any atom is 0.416 e. The molecule has 162 valence electrons. The second-order valence-corrected chi connectivity index (χ2v) is 7.68. The van der Waals surface area contributed by atoms with E-state index in [0.29, 0.717) is 43.0 Å². The van der Waals surface area contributed by atoms with E-state index in [0.717, 1.165) is 12.1 Å². The van der Waals surface area contributed by atoms with Gasteiger partial charge in [-0.05, 0) is 56.0 Å². The van der Waals surface area contributed by atoms with Gasteiger partial charge in [0.1, 0.15) is 5.83 Å². The van der Waals surface area contributed by atoms with Crippen LogP contribution in [0.5, 0.6) is 0 Å². The highest BCUT2D eigenvalue weighted by Gasteiger charge is 2.38. The maximum absolute atomic E-state index is 13.6. The predicted molar refractivity (Wildman–Crippen MR) is 106 cm³/mol. The van der Waals surface area contributed by atoms with E-state index in [1.807, 2.05) is 6.92 Å². The minimum atomic E-state index is -4.45. The molecule has 2 atom stereocenters. The molecule has 2 unspecified atom stereocenters. The zero-order chi connectivity index (χ0) is 21.9. The average molecular weight is 424 g/mol. The first-order valence-corrected chi connectivity index (χ1v) is 9.69. The molecule has 5 nitrogen and oxygen atoms in total. The van der Waals surface area contributed by atoms with Crippen LogP contribution >= 0.6 is 0 Å². The van der Waals surface area contributed by atoms with Gasteiger partial charge in [-0.15, -0.1) is 0 Å². The Labute approximate surface area is 172 Å². The first kappa shape index (κ1) is 21.9. The number of hydrogen-bond donors (Lipinski definition) is 3. The summed E-state index contributed by atoms with van der Waals surface area (Å²) in [6.45, 7) is 3.70. The number of halogens is 4. The fourth-order valence-corrected chi connectivity index (χ4v) is 3.49. The van der Waals surface area contributed by atoms with Gasteiger partial charge in [0, 0.05) is 19.2 Å². The average Bonchev–Trinajstić information content (AvgIpc) is 2.99. The first-order valence-electron chi connectivity index (χ1n) is 9.69. The van der Waals surface area contributed by atoms with Gasteiger partial charge in [-0.2, -0.15) is 13.2 Å². The number of carbonyl (C=O) groups excluding carboxylic acids is 1. The second-order valence-electron chi connectivity index (χ2n) is 7.68. The predicted octanol–water partition coefficient (Wildman–Crippen LogP) is 4.11. The molecule has 1 aromatic carbocycles. The smallest absolute Gasteiger partial charge is 0.356 e. The minimum Gasteiger partial charge on any atom is -0.356 e. The molecule has 0 saturated carbocycles. The van der Waals surface area contributed by atoms with E-state index < -0.39 is 23.3 Å². The van der Waals surface area contributed by atoms with Gasteiger partial charge in [0.05, 0.1) is 17.1 Å². The molecule has 3 N–H and O–H groups in total. The zero-order valence-corrected chi connectivity index (χ0v) is 16.7. The summed E-state index contributed by atoms with van der Waals surface area (Å²) in [5.41, 5.74) is -0.235. The standard InChI is InChI=1S/C21H24F4N4O/c1-13(30)26-10-4-7-17(14-5-3-6-15(11-14)21(23,24)25)27-19-28-18-12-16(22)8-9-20(18,2)29-19/h3,5-6,8,11-12,17H,4,7,9-10H2,1-2H3,(H,26,30)(H2,27,28,29). The molecule has 0 aromatic heterocycles. The van der Waals surface area contributed by atoms with Crippen molar-refractivity contribution in [3.8, 4) is 0 Å². The number of amides is 1. The number of nitrogens with one attached hydrogen (secondary N) is 3. The van der Waals surface area contributed by atoms with Crippen LogP contribution in [0, 0.1) is 0 Å². The lowest BCUT2D eigenvalue weighted by Gasteiger charge is -2.25. The Morgan fingerprint density at radius 1 is 1.37 bits per heavy atom. The molecule has 1 aromatic rings. The quantitative estimate of drug-likeness (QED) is 0.476. The largest absolute Gasteiger partial charge is 0.416 e. The van der Waals surface area contributed by atoms with Crippen LogP contribution in [0.3, 0.4) is 0 Å². The van der Waals surface area contributed by atoms with Crippen molar-refractivity contribution in [2.24, 2.45) is 4.99 Å². The number of alkyl halides is 3. The molecule has 9 heteroatoms. The van der Waals surface area contributed by atoms with Crippen molar-refractivity contribution in [1.29, 1.82) is 0 Å². The molecule has 30 heavy (non-hydrogen) atoms. The number of carbonyl (C=O) groups is 1. The molecule has 1 aliphatic heterocycles. The summed E-state index contributed by atoms with van der Waals surface area (Å²) in [5, 5.41) is 8.93. The van der Waals surface area contributed by atoms with Crippen LogP contribution in [-0.4, -0.2) is 24.0 Å². The molecule has 1 saturated heterocycles. The molecule has 0 spiro atoms. The van der Waals surface area contributed by atoms with E-state index >= 15 is 0 Å². The first-order chi connectivity index (χ1) is 14.1. The van der Waals surface area contributed by atoms with Gasteiger partial charge in [0.25, 0.3) is 0 Å². The minimum absolute atomic E-state index is 0.172. The Morgan fingerprint density at radius 2 is 2.13 bits per heavy atom. The fraction of sp³-hybridized carbons (Fsp3) is 0.429. The highest BCUT2D eigenvalue weighted by Crippen LogP contribution is 2.34. The highest BCUT2D eigenvalue weighted by atomic mass is 19.4. The molecule has 3 rings (SSSR count). The van der Waals surface area contributed by atoms with Crippen molar-refractivity contribution in [3.05, 3.63) is 59.1 Å². The number of nitrogens with zero attached hydrogens (tertiary/aromatic N) is 1. The molecular formula is C21H24F4N4O. The topological polar surface area (TPSA) is 65.5 Å². The van der Waals surface area contributed by atoms with Crippen molar-refractivity contribution >= 4 is 11.9 Å². The zero-order valence-electron chi connectivity index (χ0n) is 16.7. The summed E-state index contributed by atoms with van der Waals surface area (Å²) in [5.74, 6) is -0.133. The lowest BCUT2D eigenvalue weighted by molar-refractivity contribution is -0.137. The number of benzene rings is 1. The summed E-state index contributed by atoms with van der Waals surface area (Å²) in [6.07, 6.45) is -0.213. The highest BCUT2D eigenvalue weighted by molar-refractivity contribution is 5.87. The normalized spacial score (nSPS) is 23.1. The van der Waals surface area contributed by atoms with Crippen LogP contribution in [-0.2, 0) is 11.0 Å². The van der Waals surface area contributed by atoms with Gasteiger partial charge in [0.2, 0.25) is 5.91 Å². The van der Waals surface area contributed by atoms with Crippen molar-refractivity contribution in [2.75, 3.05) is 6.54 Å². The Balaban J connectivity index is 1.84. The Kier molecular flexibility index (Phi) is 6.19. The molecule has 1 amide bonds. The number of aliphatic imine (C=N–C) groups is 1. The van der Waals surface area contributed by atoms with E-state index in [4.69, 9.17) is 0 Å². The molecule has 2 aliphatic rings. The Morgan fingerprint density at radius 3 is 2.83 bits per heavy atom. The van der Waals surface area contributed by atoms with Crippen LogP contribution < -0.4 is 16.0 Å². The SMILES string of the molecule is CC(=O)NCCCC(N=C1NC2=CC(F)=CCC2(C)N1)c1cccc(C(F)(F)F)c1. The molecule has 0 bridgehead atoms. The van der Waals surface area contributed by atoms with Crippen LogP contribution in [0.1, 0.15) is 50.3 Å². The number of guanidine groups is 1. The van der Waals surface area contributed by atoms with Gasteiger partial charge in [0.15, 0.2) is 5.96 Å². The molecule has 0 radical (unpaired) electrons. The van der Waals surface area contributed by atoms with Gasteiger partial charge < -0.3 is 16.0 Å². The van der Waals surface area contributed by atoms with Crippen LogP contribution in [0.4, 0.5) is 17.6 Å². The third-order valence-corrected chi connectivity index (χ3v) is 5.14. The van der Waals surface area contributed by atoms with Crippen LogP contribution in [0.15, 0.2) is 52.9 Å². The summed E-state index contributed by atoms with van der Waals surface area (Å²) >= 11 is 0. The maximum atomic E-state index is 13.6. The van der Waals surface area contributed by atoms with Crippen LogP contribution in [0.25, 0.3) is 0 Å². The third-order valence-electron chi connectivity index (χ3n) is 5.14. The molecule has 1 heterocycles. The lowest BCUT2D eigenvalue weighted by atomic mass is 9.91. The number of fused-ring (bicyclic) bond motifs is 1. The Hall–Kier alpha value is -2.84. The van der Waals surface area contributed by atoms with Crippen LogP contribution in [0.2, 0.25) is 0 Å². The van der Waals surface area contributed by atoms with Gasteiger partial charge >= 0.3 is 6.18 Å². The Bertz CT molecular complexity index is 907. The van der Waals surface area contributed by atoms with E-state index in [-0.39, 0.29) is 11.7 Å². The molecular weight excluding hydrogens is 400 g/mol. The fourth-order valence-electron chi connectivity index (χ4n) is 3.49. The van der Waals surface area contributed by atoms with Gasteiger partial charge in [-0.25, -0.2) is 9.38 Å². The van der Waals surface area contributed by atoms with Crippen molar-refractivity contribution in [3.63, 3.8) is 0 Å². The summed E-state index contributed by atoms with van der Waals surface area (Å²) < 4.78 is 53.1. The number of allylic oxidation sites excluding steroid dienone is 2. The summed E-state index contributed by atoms with van der Waals surface area (Å²) in [6, 6.07) is 4.51. The lowest BCUT2D eigenvalue weighted by Crippen LogP contribution is -2.40. The van der Waals surface area contributed by atoms with Crippen molar-refractivity contribution in [2.45, 2.75) is 50.9 Å². The summed E-state index contributed by atoms with van der Waals surface area (Å²) in [7, 11) is 0. The third kappa shape index (κ3) is 5.20. The van der Waals surface area contributed by atoms with E-state index in [1.165, 1.54) is 25.1 Å².